The predicted molar refractivity (Wildman–Crippen MR) is 104 cm³/mol. The summed E-state index contributed by atoms with van der Waals surface area (Å²) in [6.45, 7) is 9.31. The first kappa shape index (κ1) is 21.0. The Hall–Kier alpha value is -0.0400. The molecule has 4 nitrogen and oxygen atoms in total. The summed E-state index contributed by atoms with van der Waals surface area (Å²) in [7, 11) is 1.86. The summed E-state index contributed by atoms with van der Waals surface area (Å²) in [5, 5.41) is 6.91. The van der Waals surface area contributed by atoms with Gasteiger partial charge in [0.15, 0.2) is 5.96 Å². The molecule has 2 N–H and O–H groups in total. The molecule has 1 aliphatic heterocycles. The third-order valence-electron chi connectivity index (χ3n) is 3.99. The van der Waals surface area contributed by atoms with Crippen LogP contribution in [0.25, 0.3) is 0 Å². The largest absolute Gasteiger partial charge is 0.356 e. The van der Waals surface area contributed by atoms with Gasteiger partial charge in [-0.15, -0.1) is 24.0 Å². The van der Waals surface area contributed by atoms with Gasteiger partial charge in [-0.05, 0) is 52.2 Å². The summed E-state index contributed by atoms with van der Waals surface area (Å²) in [6.07, 6.45) is 9.10. The maximum atomic E-state index is 4.31. The summed E-state index contributed by atoms with van der Waals surface area (Å²) < 4.78 is 0. The van der Waals surface area contributed by atoms with E-state index >= 15 is 0 Å². The highest BCUT2D eigenvalue weighted by Gasteiger charge is 2.10. The van der Waals surface area contributed by atoms with Crippen LogP contribution in [0.1, 0.15) is 58.8 Å². The lowest BCUT2D eigenvalue weighted by Crippen LogP contribution is -2.43. The number of hydrogen-bond acceptors (Lipinski definition) is 2. The second kappa shape index (κ2) is 13.6. The molecule has 0 saturated carbocycles. The SMILES string of the molecule is CCCCCC(C)NC(=NC)NCCCN1CCCC1.I. The van der Waals surface area contributed by atoms with Crippen LogP contribution < -0.4 is 10.6 Å². The lowest BCUT2D eigenvalue weighted by Gasteiger charge is -2.19. The number of halogens is 1. The summed E-state index contributed by atoms with van der Waals surface area (Å²) in [4.78, 5) is 6.87. The molecule has 1 unspecified atom stereocenters. The molecule has 0 radical (unpaired) electrons. The number of nitrogens with one attached hydrogen (secondary N) is 2. The van der Waals surface area contributed by atoms with Crippen LogP contribution in [0.4, 0.5) is 0 Å². The molecule has 0 aromatic heterocycles. The van der Waals surface area contributed by atoms with Gasteiger partial charge in [0.25, 0.3) is 0 Å². The lowest BCUT2D eigenvalue weighted by molar-refractivity contribution is 0.334. The van der Waals surface area contributed by atoms with Gasteiger partial charge in [0.2, 0.25) is 0 Å². The highest BCUT2D eigenvalue weighted by molar-refractivity contribution is 14.0. The minimum absolute atomic E-state index is 0. The molecular weight excluding hydrogens is 375 g/mol. The second-order valence-electron chi connectivity index (χ2n) is 5.94. The van der Waals surface area contributed by atoms with Crippen LogP contribution in [0.2, 0.25) is 0 Å². The van der Waals surface area contributed by atoms with E-state index in [-0.39, 0.29) is 24.0 Å². The Labute approximate surface area is 148 Å². The zero-order chi connectivity index (χ0) is 14.6. The number of rotatable bonds is 9. The molecule has 1 fully saturated rings. The van der Waals surface area contributed by atoms with Gasteiger partial charge in [0.05, 0.1) is 0 Å². The number of guanidine groups is 1. The Balaban J connectivity index is 0.00000400. The summed E-state index contributed by atoms with van der Waals surface area (Å²) in [6, 6.07) is 0.506. The van der Waals surface area contributed by atoms with Crippen LogP contribution in [0.5, 0.6) is 0 Å². The first-order valence-electron chi connectivity index (χ1n) is 8.45. The van der Waals surface area contributed by atoms with Crippen molar-refractivity contribution in [1.82, 2.24) is 15.5 Å². The maximum absolute atomic E-state index is 4.31. The van der Waals surface area contributed by atoms with Crippen LogP contribution in [-0.2, 0) is 0 Å². The van der Waals surface area contributed by atoms with Gasteiger partial charge in [0, 0.05) is 19.6 Å². The van der Waals surface area contributed by atoms with Crippen LogP contribution in [-0.4, -0.2) is 50.1 Å². The first-order chi connectivity index (χ1) is 9.76. The number of unbranched alkanes of at least 4 members (excludes halogenated alkanes) is 2. The molecule has 1 rings (SSSR count). The minimum atomic E-state index is 0. The second-order valence-corrected chi connectivity index (χ2v) is 5.94. The first-order valence-corrected chi connectivity index (χ1v) is 8.45. The highest BCUT2D eigenvalue weighted by Crippen LogP contribution is 2.07. The van der Waals surface area contributed by atoms with Crippen molar-refractivity contribution in [2.75, 3.05) is 33.2 Å². The molecule has 126 valence electrons. The molecule has 5 heteroatoms. The zero-order valence-electron chi connectivity index (χ0n) is 14.2. The third kappa shape index (κ3) is 10.3. The average molecular weight is 410 g/mol. The van der Waals surface area contributed by atoms with Crippen LogP contribution >= 0.6 is 24.0 Å². The van der Waals surface area contributed by atoms with Crippen molar-refractivity contribution < 1.29 is 0 Å². The highest BCUT2D eigenvalue weighted by atomic mass is 127. The fraction of sp³-hybridized carbons (Fsp3) is 0.938. The van der Waals surface area contributed by atoms with Crippen molar-refractivity contribution in [1.29, 1.82) is 0 Å². The van der Waals surface area contributed by atoms with Crippen molar-refractivity contribution >= 4 is 29.9 Å². The molecule has 0 aliphatic carbocycles. The topological polar surface area (TPSA) is 39.7 Å². The minimum Gasteiger partial charge on any atom is -0.356 e. The lowest BCUT2D eigenvalue weighted by atomic mass is 10.1. The van der Waals surface area contributed by atoms with E-state index in [9.17, 15) is 0 Å². The zero-order valence-corrected chi connectivity index (χ0v) is 16.5. The molecular formula is C16H35IN4. The monoisotopic (exact) mass is 410 g/mol. The summed E-state index contributed by atoms with van der Waals surface area (Å²) in [5.74, 6) is 0.954. The number of hydrogen-bond donors (Lipinski definition) is 2. The van der Waals surface area contributed by atoms with Crippen molar-refractivity contribution in [3.05, 3.63) is 0 Å². The van der Waals surface area contributed by atoms with Crippen molar-refractivity contribution in [2.24, 2.45) is 4.99 Å². The van der Waals surface area contributed by atoms with Crippen LogP contribution in [0.15, 0.2) is 4.99 Å². The Morgan fingerprint density at radius 1 is 1.19 bits per heavy atom. The molecule has 21 heavy (non-hydrogen) atoms. The molecule has 0 bridgehead atoms. The molecule has 1 atom stereocenters. The van der Waals surface area contributed by atoms with E-state index in [1.54, 1.807) is 0 Å². The van der Waals surface area contributed by atoms with Gasteiger partial charge in [-0.25, -0.2) is 0 Å². The molecule has 0 aromatic rings. The smallest absolute Gasteiger partial charge is 0.191 e. The van der Waals surface area contributed by atoms with Crippen LogP contribution in [0.3, 0.4) is 0 Å². The van der Waals surface area contributed by atoms with E-state index in [1.165, 1.54) is 64.6 Å². The Kier molecular flexibility index (Phi) is 13.6. The molecule has 0 aromatic carbocycles. The van der Waals surface area contributed by atoms with Crippen molar-refractivity contribution in [3.8, 4) is 0 Å². The van der Waals surface area contributed by atoms with E-state index in [4.69, 9.17) is 0 Å². The molecule has 1 aliphatic rings. The van der Waals surface area contributed by atoms with E-state index in [1.807, 2.05) is 7.05 Å². The third-order valence-corrected chi connectivity index (χ3v) is 3.99. The number of aliphatic imine (C=N–C) groups is 1. The van der Waals surface area contributed by atoms with Gasteiger partial charge in [-0.2, -0.15) is 0 Å². The van der Waals surface area contributed by atoms with Crippen LogP contribution in [0, 0.1) is 0 Å². The van der Waals surface area contributed by atoms with Gasteiger partial charge in [-0.3, -0.25) is 4.99 Å². The van der Waals surface area contributed by atoms with Gasteiger partial charge in [-0.1, -0.05) is 26.2 Å². The molecule has 0 spiro atoms. The van der Waals surface area contributed by atoms with E-state index in [2.05, 4.69) is 34.4 Å². The summed E-state index contributed by atoms with van der Waals surface area (Å²) >= 11 is 0. The summed E-state index contributed by atoms with van der Waals surface area (Å²) in [5.41, 5.74) is 0. The standard InChI is InChI=1S/C16H34N4.HI/c1-4-5-6-10-15(2)19-16(17-3)18-11-9-14-20-12-7-8-13-20;/h15H,4-14H2,1-3H3,(H2,17,18,19);1H. The van der Waals surface area contributed by atoms with E-state index < -0.39 is 0 Å². The van der Waals surface area contributed by atoms with E-state index in [0.29, 0.717) is 6.04 Å². The number of nitrogens with zero attached hydrogens (tertiary/aromatic N) is 2. The Morgan fingerprint density at radius 3 is 2.52 bits per heavy atom. The predicted octanol–water partition coefficient (Wildman–Crippen LogP) is 3.22. The Morgan fingerprint density at radius 2 is 1.90 bits per heavy atom. The fourth-order valence-electron chi connectivity index (χ4n) is 2.72. The maximum Gasteiger partial charge on any atom is 0.191 e. The van der Waals surface area contributed by atoms with Gasteiger partial charge < -0.3 is 15.5 Å². The average Bonchev–Trinajstić information content (AvgIpc) is 2.95. The molecule has 1 heterocycles. The number of likely N-dealkylation sites (tertiary alicyclic amines) is 1. The fourth-order valence-corrected chi connectivity index (χ4v) is 2.72. The Bertz CT molecular complexity index is 265. The molecule has 0 amide bonds. The van der Waals surface area contributed by atoms with E-state index in [0.717, 1.165) is 12.5 Å². The van der Waals surface area contributed by atoms with Gasteiger partial charge in [0.1, 0.15) is 0 Å². The normalized spacial score (nSPS) is 17.4. The van der Waals surface area contributed by atoms with Crippen molar-refractivity contribution in [2.45, 2.75) is 64.8 Å². The quantitative estimate of drug-likeness (QED) is 0.265. The van der Waals surface area contributed by atoms with Gasteiger partial charge >= 0.3 is 0 Å². The van der Waals surface area contributed by atoms with Crippen molar-refractivity contribution in [3.63, 3.8) is 0 Å². The molecule has 1 saturated heterocycles.